The van der Waals surface area contributed by atoms with E-state index in [9.17, 15) is 9.59 Å². The predicted molar refractivity (Wildman–Crippen MR) is 79.4 cm³/mol. The highest BCUT2D eigenvalue weighted by Crippen LogP contribution is 2.26. The van der Waals surface area contributed by atoms with Gasteiger partial charge in [0.25, 0.3) is 5.56 Å². The minimum absolute atomic E-state index is 0.0213. The number of amides is 1. The molecule has 0 saturated carbocycles. The molecule has 0 unspecified atom stereocenters. The van der Waals surface area contributed by atoms with Crippen LogP contribution < -0.4 is 10.9 Å². The van der Waals surface area contributed by atoms with Crippen LogP contribution in [0.3, 0.4) is 0 Å². The number of carbonyl (C=O) groups is 1. The average Bonchev–Trinajstić information content (AvgIpc) is 3.01. The van der Waals surface area contributed by atoms with Gasteiger partial charge in [-0.3, -0.25) is 18.9 Å². The van der Waals surface area contributed by atoms with Crippen molar-refractivity contribution < 1.29 is 4.79 Å². The number of hydrogen-bond acceptors (Lipinski definition) is 5. The average molecular weight is 304 g/mol. The van der Waals surface area contributed by atoms with Gasteiger partial charge in [-0.15, -0.1) is 11.3 Å². The number of nitrogens with zero attached hydrogens (tertiary/aromatic N) is 3. The Balaban J connectivity index is 1.55. The first kappa shape index (κ1) is 13.0. The van der Waals surface area contributed by atoms with Crippen molar-refractivity contribution in [2.24, 2.45) is 5.92 Å². The summed E-state index contributed by atoms with van der Waals surface area (Å²) in [4.78, 5) is 32.1. The van der Waals surface area contributed by atoms with Crippen LogP contribution in [-0.4, -0.2) is 39.3 Å². The van der Waals surface area contributed by atoms with Crippen LogP contribution in [0.15, 0.2) is 17.1 Å². The Hall–Kier alpha value is -1.73. The van der Waals surface area contributed by atoms with Crippen molar-refractivity contribution in [3.63, 3.8) is 0 Å². The highest BCUT2D eigenvalue weighted by Gasteiger charge is 2.39. The molecular weight excluding hydrogens is 288 g/mol. The van der Waals surface area contributed by atoms with Crippen molar-refractivity contribution in [3.05, 3.63) is 33.2 Å². The molecule has 21 heavy (non-hydrogen) atoms. The van der Waals surface area contributed by atoms with Gasteiger partial charge >= 0.3 is 0 Å². The minimum Gasteiger partial charge on any atom is -0.352 e. The molecule has 2 aromatic rings. The van der Waals surface area contributed by atoms with Crippen LogP contribution in [0.25, 0.3) is 4.96 Å². The molecule has 2 aliphatic heterocycles. The van der Waals surface area contributed by atoms with Gasteiger partial charge in [0.1, 0.15) is 0 Å². The van der Waals surface area contributed by atoms with Gasteiger partial charge in [-0.1, -0.05) is 0 Å². The maximum absolute atomic E-state index is 12.1. The summed E-state index contributed by atoms with van der Waals surface area (Å²) in [6, 6.07) is 1.89. The fourth-order valence-electron chi connectivity index (χ4n) is 3.33. The van der Waals surface area contributed by atoms with Gasteiger partial charge in [-0.05, 0) is 6.92 Å². The number of aromatic nitrogens is 2. The SMILES string of the molecule is Cc1cn2c(=O)cc(CN3C[C@@H]4CC(=O)N[C@@H]4C3)nc2s1. The van der Waals surface area contributed by atoms with E-state index in [2.05, 4.69) is 15.2 Å². The van der Waals surface area contributed by atoms with Crippen LogP contribution >= 0.6 is 11.3 Å². The van der Waals surface area contributed by atoms with Gasteiger partial charge in [0.05, 0.1) is 5.69 Å². The molecule has 0 radical (unpaired) electrons. The fraction of sp³-hybridized carbons (Fsp3) is 0.500. The number of likely N-dealkylation sites (tertiary alicyclic amines) is 1. The molecule has 110 valence electrons. The van der Waals surface area contributed by atoms with Crippen LogP contribution in [0.5, 0.6) is 0 Å². The van der Waals surface area contributed by atoms with Crippen molar-refractivity contribution in [3.8, 4) is 0 Å². The molecule has 7 heteroatoms. The smallest absolute Gasteiger partial charge is 0.258 e. The first-order valence-corrected chi connectivity index (χ1v) is 7.90. The monoisotopic (exact) mass is 304 g/mol. The number of fused-ring (bicyclic) bond motifs is 2. The topological polar surface area (TPSA) is 66.7 Å². The molecule has 0 aromatic carbocycles. The highest BCUT2D eigenvalue weighted by molar-refractivity contribution is 7.16. The lowest BCUT2D eigenvalue weighted by Crippen LogP contribution is -2.32. The zero-order valence-electron chi connectivity index (χ0n) is 11.7. The molecule has 1 N–H and O–H groups in total. The molecule has 2 fully saturated rings. The Morgan fingerprint density at radius 3 is 3.10 bits per heavy atom. The van der Waals surface area contributed by atoms with Crippen molar-refractivity contribution in [2.75, 3.05) is 13.1 Å². The fourth-order valence-corrected chi connectivity index (χ4v) is 4.18. The number of aryl methyl sites for hydroxylation is 1. The van der Waals surface area contributed by atoms with Crippen molar-refractivity contribution >= 4 is 22.2 Å². The third kappa shape index (κ3) is 2.26. The summed E-state index contributed by atoms with van der Waals surface area (Å²) < 4.78 is 1.60. The summed E-state index contributed by atoms with van der Waals surface area (Å²) in [5, 5.41) is 3.01. The number of carbonyl (C=O) groups excluding carboxylic acids is 1. The second-order valence-electron chi connectivity index (χ2n) is 5.91. The van der Waals surface area contributed by atoms with Gasteiger partial charge < -0.3 is 5.32 Å². The van der Waals surface area contributed by atoms with Crippen LogP contribution in [0.2, 0.25) is 0 Å². The van der Waals surface area contributed by atoms with Crippen LogP contribution in [0, 0.1) is 12.8 Å². The van der Waals surface area contributed by atoms with Crippen LogP contribution in [-0.2, 0) is 11.3 Å². The summed E-state index contributed by atoms with van der Waals surface area (Å²) in [5.74, 6) is 0.572. The lowest BCUT2D eigenvalue weighted by molar-refractivity contribution is -0.119. The Morgan fingerprint density at radius 1 is 1.43 bits per heavy atom. The largest absolute Gasteiger partial charge is 0.352 e. The number of rotatable bonds is 2. The highest BCUT2D eigenvalue weighted by atomic mass is 32.1. The minimum atomic E-state index is -0.0213. The Bertz CT molecular complexity index is 765. The zero-order chi connectivity index (χ0) is 14.6. The third-order valence-corrected chi connectivity index (χ3v) is 5.13. The predicted octanol–water partition coefficient (Wildman–Crippen LogP) is 0.385. The summed E-state index contributed by atoms with van der Waals surface area (Å²) in [5.41, 5.74) is 0.792. The van der Waals surface area contributed by atoms with E-state index in [-0.39, 0.29) is 17.5 Å². The number of hydrogen-bond donors (Lipinski definition) is 1. The summed E-state index contributed by atoms with van der Waals surface area (Å²) in [6.07, 6.45) is 2.45. The molecule has 0 bridgehead atoms. The van der Waals surface area contributed by atoms with Crippen molar-refractivity contribution in [2.45, 2.75) is 25.9 Å². The zero-order valence-corrected chi connectivity index (χ0v) is 12.5. The quantitative estimate of drug-likeness (QED) is 0.871. The second kappa shape index (κ2) is 4.64. The van der Waals surface area contributed by atoms with E-state index in [0.717, 1.165) is 28.6 Å². The van der Waals surface area contributed by atoms with E-state index in [1.807, 2.05) is 13.1 Å². The molecule has 2 saturated heterocycles. The maximum atomic E-state index is 12.1. The van der Waals surface area contributed by atoms with Crippen LogP contribution in [0.4, 0.5) is 0 Å². The van der Waals surface area contributed by atoms with Gasteiger partial charge in [0.15, 0.2) is 4.96 Å². The molecular formula is C14H16N4O2S. The maximum Gasteiger partial charge on any atom is 0.258 e. The van der Waals surface area contributed by atoms with Gasteiger partial charge in [-0.2, -0.15) is 0 Å². The van der Waals surface area contributed by atoms with E-state index in [0.29, 0.717) is 18.9 Å². The lowest BCUT2D eigenvalue weighted by atomic mass is 10.1. The standard InChI is InChI=1S/C14H16N4O2S/c1-8-4-18-13(20)3-10(15-14(18)21-8)6-17-5-9-2-12(19)16-11(9)7-17/h3-4,9,11H,2,5-7H2,1H3,(H,16,19)/t9-,11+/m0/s1. The number of nitrogens with one attached hydrogen (secondary N) is 1. The summed E-state index contributed by atoms with van der Waals surface area (Å²) >= 11 is 1.53. The van der Waals surface area contributed by atoms with Crippen LogP contribution in [0.1, 0.15) is 17.0 Å². The number of thiazole rings is 1. The lowest BCUT2D eigenvalue weighted by Gasteiger charge is -2.15. The summed E-state index contributed by atoms with van der Waals surface area (Å²) in [7, 11) is 0. The first-order valence-electron chi connectivity index (χ1n) is 7.09. The molecule has 1 amide bonds. The van der Waals surface area contributed by atoms with E-state index in [4.69, 9.17) is 0 Å². The first-order chi connectivity index (χ1) is 10.1. The van der Waals surface area contributed by atoms with Gasteiger partial charge in [0.2, 0.25) is 5.91 Å². The van der Waals surface area contributed by atoms with E-state index in [1.54, 1.807) is 10.5 Å². The Morgan fingerprint density at radius 2 is 2.29 bits per heavy atom. The molecule has 6 nitrogen and oxygen atoms in total. The normalized spacial score (nSPS) is 25.5. The molecule has 4 rings (SSSR count). The van der Waals surface area contributed by atoms with Crippen molar-refractivity contribution in [1.82, 2.24) is 19.6 Å². The molecule has 0 aliphatic carbocycles. The Kier molecular flexibility index (Phi) is 2.87. The second-order valence-corrected chi connectivity index (χ2v) is 7.13. The van der Waals surface area contributed by atoms with Crippen molar-refractivity contribution in [1.29, 1.82) is 0 Å². The molecule has 2 aromatic heterocycles. The molecule has 2 aliphatic rings. The van der Waals surface area contributed by atoms with E-state index >= 15 is 0 Å². The third-order valence-electron chi connectivity index (χ3n) is 4.23. The molecule has 2 atom stereocenters. The van der Waals surface area contributed by atoms with E-state index < -0.39 is 0 Å². The van der Waals surface area contributed by atoms with Gasteiger partial charge in [0, 0.05) is 55.2 Å². The Labute approximate surface area is 125 Å². The molecule has 4 heterocycles. The van der Waals surface area contributed by atoms with Gasteiger partial charge in [-0.25, -0.2) is 4.98 Å². The van der Waals surface area contributed by atoms with E-state index in [1.165, 1.54) is 11.3 Å². The summed E-state index contributed by atoms with van der Waals surface area (Å²) in [6.45, 7) is 4.39. The molecule has 0 spiro atoms.